The summed E-state index contributed by atoms with van der Waals surface area (Å²) in [6.07, 6.45) is -3.32. The van der Waals surface area contributed by atoms with Crippen LogP contribution in [0.5, 0.6) is 0 Å². The van der Waals surface area contributed by atoms with E-state index in [4.69, 9.17) is 0 Å². The van der Waals surface area contributed by atoms with Crippen molar-refractivity contribution in [2.75, 3.05) is 0 Å². The lowest BCUT2D eigenvalue weighted by Crippen LogP contribution is -2.22. The first-order valence-electron chi connectivity index (χ1n) is 6.87. The molecule has 0 atom stereocenters. The molecule has 2 aromatic carbocycles. The highest BCUT2D eigenvalue weighted by atomic mass is 127. The molecule has 122 valence electrons. The van der Waals surface area contributed by atoms with Crippen LogP contribution in [0.4, 0.5) is 13.2 Å². The van der Waals surface area contributed by atoms with E-state index in [9.17, 15) is 18.0 Å². The number of hydrogen-bond acceptors (Lipinski definition) is 2. The van der Waals surface area contributed by atoms with E-state index in [0.717, 1.165) is 14.5 Å². The molecule has 0 bridgehead atoms. The fourth-order valence-corrected chi connectivity index (χ4v) is 2.67. The summed E-state index contributed by atoms with van der Waals surface area (Å²) in [6.45, 7) is 0. The summed E-state index contributed by atoms with van der Waals surface area (Å²) in [6, 6.07) is 13.0. The van der Waals surface area contributed by atoms with E-state index < -0.39 is 11.7 Å². The lowest BCUT2D eigenvalue weighted by Gasteiger charge is -2.13. The normalized spacial score (nSPS) is 12.6. The average Bonchev–Trinajstić information content (AvgIpc) is 2.54. The van der Waals surface area contributed by atoms with Crippen molar-refractivity contribution in [1.82, 2.24) is 9.55 Å². The number of allylic oxidation sites excluding steroid dienone is 1. The van der Waals surface area contributed by atoms with Gasteiger partial charge in [-0.3, -0.25) is 9.36 Å². The summed E-state index contributed by atoms with van der Waals surface area (Å²) >= 11 is 2.06. The SMILES string of the molecule is O=c1c2ccccc2ncn1/C(=C\C(F)(F)F)c1ccc(I)cc1. The Morgan fingerprint density at radius 2 is 1.75 bits per heavy atom. The molecule has 7 heteroatoms. The molecule has 0 aliphatic heterocycles. The molecule has 24 heavy (non-hydrogen) atoms. The molecule has 0 aliphatic rings. The molecule has 0 amide bonds. The molecule has 0 saturated heterocycles. The first-order chi connectivity index (χ1) is 11.3. The summed E-state index contributed by atoms with van der Waals surface area (Å²) in [5, 5.41) is 0.263. The second-order valence-electron chi connectivity index (χ2n) is 5.01. The van der Waals surface area contributed by atoms with Gasteiger partial charge in [-0.1, -0.05) is 24.3 Å². The van der Waals surface area contributed by atoms with Crippen molar-refractivity contribution in [3.63, 3.8) is 0 Å². The molecule has 0 unspecified atom stereocenters. The molecule has 3 rings (SSSR count). The van der Waals surface area contributed by atoms with Gasteiger partial charge in [-0.2, -0.15) is 13.2 Å². The van der Waals surface area contributed by atoms with E-state index in [1.54, 1.807) is 48.5 Å². The molecule has 0 saturated carbocycles. The number of hydrogen-bond donors (Lipinski definition) is 0. The molecule has 0 spiro atoms. The summed E-state index contributed by atoms with van der Waals surface area (Å²) in [7, 11) is 0. The zero-order valence-electron chi connectivity index (χ0n) is 12.1. The van der Waals surface area contributed by atoms with Gasteiger partial charge in [-0.05, 0) is 52.4 Å². The highest BCUT2D eigenvalue weighted by molar-refractivity contribution is 14.1. The quantitative estimate of drug-likeness (QED) is 0.550. The third kappa shape index (κ3) is 3.50. The Morgan fingerprint density at radius 3 is 2.42 bits per heavy atom. The molecule has 0 aliphatic carbocycles. The first-order valence-corrected chi connectivity index (χ1v) is 7.95. The maximum Gasteiger partial charge on any atom is 0.411 e. The molecular formula is C17H10F3IN2O. The minimum atomic E-state index is -4.57. The van der Waals surface area contributed by atoms with Crippen LogP contribution in [-0.2, 0) is 0 Å². The van der Waals surface area contributed by atoms with Gasteiger partial charge in [0.25, 0.3) is 5.56 Å². The Hall–Kier alpha value is -2.16. The second-order valence-corrected chi connectivity index (χ2v) is 6.26. The van der Waals surface area contributed by atoms with E-state index in [-0.39, 0.29) is 22.7 Å². The Balaban J connectivity index is 2.27. The molecule has 3 aromatic rings. The van der Waals surface area contributed by atoms with Gasteiger partial charge < -0.3 is 0 Å². The summed E-state index contributed by atoms with van der Waals surface area (Å²) in [4.78, 5) is 16.7. The van der Waals surface area contributed by atoms with E-state index in [1.165, 1.54) is 0 Å². The molecular weight excluding hydrogens is 432 g/mol. The van der Waals surface area contributed by atoms with Crippen LogP contribution in [0.3, 0.4) is 0 Å². The molecule has 0 radical (unpaired) electrons. The number of halogens is 4. The van der Waals surface area contributed by atoms with Crippen molar-refractivity contribution in [2.45, 2.75) is 6.18 Å². The first kappa shape index (κ1) is 16.7. The van der Waals surface area contributed by atoms with Gasteiger partial charge in [0.1, 0.15) is 6.33 Å². The molecule has 1 heterocycles. The van der Waals surface area contributed by atoms with Crippen LogP contribution in [0.15, 0.2) is 65.7 Å². The topological polar surface area (TPSA) is 34.9 Å². The number of para-hydroxylation sites is 1. The Morgan fingerprint density at radius 1 is 1.08 bits per heavy atom. The zero-order chi connectivity index (χ0) is 17.3. The molecule has 1 aromatic heterocycles. The van der Waals surface area contributed by atoms with Gasteiger partial charge in [0.2, 0.25) is 0 Å². The largest absolute Gasteiger partial charge is 0.411 e. The van der Waals surface area contributed by atoms with Crippen LogP contribution in [-0.4, -0.2) is 15.7 Å². The van der Waals surface area contributed by atoms with Crippen molar-refractivity contribution in [1.29, 1.82) is 0 Å². The van der Waals surface area contributed by atoms with Gasteiger partial charge in [-0.25, -0.2) is 4.98 Å². The lowest BCUT2D eigenvalue weighted by molar-refractivity contribution is -0.0795. The predicted molar refractivity (Wildman–Crippen MR) is 94.6 cm³/mol. The van der Waals surface area contributed by atoms with Crippen LogP contribution in [0.1, 0.15) is 5.56 Å². The van der Waals surface area contributed by atoms with Crippen molar-refractivity contribution >= 4 is 39.2 Å². The van der Waals surface area contributed by atoms with E-state index in [0.29, 0.717) is 5.52 Å². The van der Waals surface area contributed by atoms with Gasteiger partial charge in [0.15, 0.2) is 0 Å². The molecule has 0 N–H and O–H groups in total. The van der Waals surface area contributed by atoms with E-state index in [1.807, 2.05) is 0 Å². The summed E-state index contributed by atoms with van der Waals surface area (Å²) in [5.41, 5.74) is -0.0866. The fraction of sp³-hybridized carbons (Fsp3) is 0.0588. The average molecular weight is 442 g/mol. The number of alkyl halides is 3. The Labute approximate surface area is 148 Å². The number of nitrogens with zero attached hydrogens (tertiary/aromatic N) is 2. The van der Waals surface area contributed by atoms with Gasteiger partial charge >= 0.3 is 6.18 Å². The standard InChI is InChI=1S/C17H10F3IN2O/c18-17(19,20)9-15(11-5-7-12(21)8-6-11)23-10-22-14-4-2-1-3-13(14)16(23)24/h1-10H/b15-9-. The fourth-order valence-electron chi connectivity index (χ4n) is 2.31. The minimum Gasteiger partial charge on any atom is -0.268 e. The van der Waals surface area contributed by atoms with Crippen LogP contribution < -0.4 is 5.56 Å². The second kappa shape index (κ2) is 6.39. The Kier molecular flexibility index (Phi) is 4.44. The summed E-state index contributed by atoms with van der Waals surface area (Å²) < 4.78 is 40.8. The van der Waals surface area contributed by atoms with Crippen LogP contribution in [0.25, 0.3) is 16.6 Å². The molecule has 0 fully saturated rings. The number of rotatable bonds is 2. The highest BCUT2D eigenvalue weighted by Gasteiger charge is 2.26. The van der Waals surface area contributed by atoms with Crippen LogP contribution in [0.2, 0.25) is 0 Å². The van der Waals surface area contributed by atoms with E-state index >= 15 is 0 Å². The number of fused-ring (bicyclic) bond motifs is 1. The number of benzene rings is 2. The zero-order valence-corrected chi connectivity index (χ0v) is 14.2. The predicted octanol–water partition coefficient (Wildman–Crippen LogP) is 4.45. The van der Waals surface area contributed by atoms with Crippen molar-refractivity contribution in [2.24, 2.45) is 0 Å². The van der Waals surface area contributed by atoms with E-state index in [2.05, 4.69) is 27.6 Å². The monoisotopic (exact) mass is 442 g/mol. The van der Waals surface area contributed by atoms with Gasteiger partial charge in [0, 0.05) is 9.65 Å². The minimum absolute atomic E-state index is 0.118. The Bertz CT molecular complexity index is 976. The van der Waals surface area contributed by atoms with Crippen molar-refractivity contribution in [3.05, 3.63) is 80.4 Å². The van der Waals surface area contributed by atoms with Crippen molar-refractivity contribution < 1.29 is 13.2 Å². The van der Waals surface area contributed by atoms with Gasteiger partial charge in [-0.15, -0.1) is 0 Å². The van der Waals surface area contributed by atoms with Crippen LogP contribution >= 0.6 is 22.6 Å². The maximum absolute atomic E-state index is 13.0. The lowest BCUT2D eigenvalue weighted by atomic mass is 10.1. The highest BCUT2D eigenvalue weighted by Crippen LogP contribution is 2.25. The summed E-state index contributed by atoms with van der Waals surface area (Å²) in [5.74, 6) is 0. The smallest absolute Gasteiger partial charge is 0.268 e. The van der Waals surface area contributed by atoms with Gasteiger partial charge in [0.05, 0.1) is 16.6 Å². The third-order valence-corrected chi connectivity index (χ3v) is 4.08. The van der Waals surface area contributed by atoms with Crippen LogP contribution in [0, 0.1) is 3.57 Å². The van der Waals surface area contributed by atoms with Crippen molar-refractivity contribution in [3.8, 4) is 0 Å². The maximum atomic E-state index is 13.0. The number of aromatic nitrogens is 2. The molecule has 3 nitrogen and oxygen atoms in total. The third-order valence-electron chi connectivity index (χ3n) is 3.37.